The number of nitrogens with one attached hydrogen (secondary N) is 2. The van der Waals surface area contributed by atoms with Crippen LogP contribution in [0.15, 0.2) is 23.1 Å². The van der Waals surface area contributed by atoms with Crippen molar-refractivity contribution in [2.24, 2.45) is 0 Å². The summed E-state index contributed by atoms with van der Waals surface area (Å²) in [6.07, 6.45) is 1.01. The molecule has 0 saturated heterocycles. The second-order valence-electron chi connectivity index (χ2n) is 4.16. The molecule has 0 aliphatic rings. The van der Waals surface area contributed by atoms with Gasteiger partial charge < -0.3 is 14.8 Å². The normalized spacial score (nSPS) is 11.3. The van der Waals surface area contributed by atoms with Gasteiger partial charge in [-0.25, -0.2) is 13.1 Å². The minimum Gasteiger partial charge on any atom is -0.497 e. The Bertz CT molecular complexity index is 517. The molecule has 0 saturated carbocycles. The Labute approximate surface area is 120 Å². The Morgan fingerprint density at radius 1 is 1.10 bits per heavy atom. The molecular weight excluding hydrogens is 280 g/mol. The fourth-order valence-corrected chi connectivity index (χ4v) is 2.86. The van der Waals surface area contributed by atoms with Gasteiger partial charge in [0.2, 0.25) is 10.0 Å². The van der Waals surface area contributed by atoms with Crippen LogP contribution in [0.3, 0.4) is 0 Å². The molecule has 7 heteroatoms. The molecule has 0 amide bonds. The van der Waals surface area contributed by atoms with Crippen molar-refractivity contribution in [1.82, 2.24) is 10.0 Å². The second-order valence-corrected chi connectivity index (χ2v) is 5.90. The second kappa shape index (κ2) is 8.08. The van der Waals surface area contributed by atoms with Crippen molar-refractivity contribution in [2.45, 2.75) is 18.2 Å². The lowest BCUT2D eigenvalue weighted by molar-refractivity contribution is 0.392. The van der Waals surface area contributed by atoms with Crippen LogP contribution >= 0.6 is 0 Å². The molecule has 0 heterocycles. The minimum atomic E-state index is -3.62. The molecule has 1 aromatic rings. The summed E-state index contributed by atoms with van der Waals surface area (Å²) in [5.41, 5.74) is 0. The summed E-state index contributed by atoms with van der Waals surface area (Å²) in [6.45, 7) is 3.82. The van der Waals surface area contributed by atoms with Crippen LogP contribution in [-0.2, 0) is 10.0 Å². The van der Waals surface area contributed by atoms with Crippen LogP contribution in [0.1, 0.15) is 13.3 Å². The lowest BCUT2D eigenvalue weighted by atomic mass is 10.3. The first-order valence-corrected chi connectivity index (χ1v) is 7.96. The summed E-state index contributed by atoms with van der Waals surface area (Å²) in [5.74, 6) is 0.759. The fourth-order valence-electron chi connectivity index (χ4n) is 1.65. The first-order valence-electron chi connectivity index (χ1n) is 6.47. The number of sulfonamides is 1. The molecule has 0 radical (unpaired) electrons. The van der Waals surface area contributed by atoms with Crippen LogP contribution in [0.5, 0.6) is 11.5 Å². The molecule has 0 aromatic heterocycles. The summed E-state index contributed by atoms with van der Waals surface area (Å²) in [7, 11) is -0.697. The van der Waals surface area contributed by atoms with Crippen molar-refractivity contribution >= 4 is 10.0 Å². The van der Waals surface area contributed by atoms with Gasteiger partial charge in [0.1, 0.15) is 16.4 Å². The third-order valence-corrected chi connectivity index (χ3v) is 4.16. The highest BCUT2D eigenvalue weighted by molar-refractivity contribution is 7.89. The fraction of sp³-hybridized carbons (Fsp3) is 0.538. The maximum Gasteiger partial charge on any atom is 0.244 e. The quantitative estimate of drug-likeness (QED) is 0.665. The molecule has 0 atom stereocenters. The molecular formula is C13H22N2O4S. The highest BCUT2D eigenvalue weighted by Crippen LogP contribution is 2.27. The number of methoxy groups -OCH3 is 2. The predicted molar refractivity (Wildman–Crippen MR) is 77.9 cm³/mol. The Morgan fingerprint density at radius 3 is 2.45 bits per heavy atom. The standard InChI is InChI=1S/C13H22N2O4S/c1-4-7-14-8-9-15-20(16,17)13-10-11(18-2)5-6-12(13)19-3/h5-6,10,14-15H,4,7-9H2,1-3H3. The molecule has 0 aliphatic carbocycles. The van der Waals surface area contributed by atoms with E-state index >= 15 is 0 Å². The van der Waals surface area contributed by atoms with E-state index in [1.165, 1.54) is 20.3 Å². The lowest BCUT2D eigenvalue weighted by Gasteiger charge is -2.12. The zero-order chi connectivity index (χ0) is 15.0. The van der Waals surface area contributed by atoms with Gasteiger partial charge in [0.05, 0.1) is 14.2 Å². The van der Waals surface area contributed by atoms with Crippen molar-refractivity contribution in [3.63, 3.8) is 0 Å². The molecule has 6 nitrogen and oxygen atoms in total. The van der Waals surface area contributed by atoms with E-state index in [0.29, 0.717) is 24.6 Å². The van der Waals surface area contributed by atoms with Crippen molar-refractivity contribution in [2.75, 3.05) is 33.9 Å². The van der Waals surface area contributed by atoms with Gasteiger partial charge in [0.15, 0.2) is 0 Å². The van der Waals surface area contributed by atoms with E-state index in [0.717, 1.165) is 13.0 Å². The summed E-state index contributed by atoms with van der Waals surface area (Å²) in [5, 5.41) is 3.13. The topological polar surface area (TPSA) is 76.7 Å². The predicted octanol–water partition coefficient (Wildman–Crippen LogP) is 0.982. The van der Waals surface area contributed by atoms with E-state index in [9.17, 15) is 8.42 Å². The van der Waals surface area contributed by atoms with Gasteiger partial charge in [-0.1, -0.05) is 6.92 Å². The highest BCUT2D eigenvalue weighted by atomic mass is 32.2. The minimum absolute atomic E-state index is 0.0786. The molecule has 0 unspecified atom stereocenters. The van der Waals surface area contributed by atoms with Gasteiger partial charge in [-0.05, 0) is 25.1 Å². The van der Waals surface area contributed by atoms with Gasteiger partial charge in [-0.3, -0.25) is 0 Å². The summed E-state index contributed by atoms with van der Waals surface area (Å²) in [6, 6.07) is 4.67. The Balaban J connectivity index is 2.80. The number of hydrogen-bond acceptors (Lipinski definition) is 5. The zero-order valence-electron chi connectivity index (χ0n) is 12.1. The first kappa shape index (κ1) is 16.7. The average Bonchev–Trinajstić information content (AvgIpc) is 2.46. The Morgan fingerprint density at radius 2 is 1.85 bits per heavy atom. The van der Waals surface area contributed by atoms with E-state index in [1.54, 1.807) is 12.1 Å². The molecule has 20 heavy (non-hydrogen) atoms. The highest BCUT2D eigenvalue weighted by Gasteiger charge is 2.19. The van der Waals surface area contributed by atoms with Crippen LogP contribution in [0.4, 0.5) is 0 Å². The van der Waals surface area contributed by atoms with E-state index < -0.39 is 10.0 Å². The Kier molecular flexibility index (Phi) is 6.77. The van der Waals surface area contributed by atoms with E-state index in [-0.39, 0.29) is 4.90 Å². The number of rotatable bonds is 9. The van der Waals surface area contributed by atoms with Crippen molar-refractivity contribution in [1.29, 1.82) is 0 Å². The molecule has 0 fully saturated rings. The van der Waals surface area contributed by atoms with Crippen LogP contribution in [0, 0.1) is 0 Å². The van der Waals surface area contributed by atoms with Crippen LogP contribution in [0.2, 0.25) is 0 Å². The monoisotopic (exact) mass is 302 g/mol. The third kappa shape index (κ3) is 4.66. The van der Waals surface area contributed by atoms with Crippen molar-refractivity contribution in [3.05, 3.63) is 18.2 Å². The van der Waals surface area contributed by atoms with E-state index in [1.807, 2.05) is 0 Å². The SMILES string of the molecule is CCCNCCNS(=O)(=O)c1cc(OC)ccc1OC. The van der Waals surface area contributed by atoms with Crippen molar-refractivity contribution in [3.8, 4) is 11.5 Å². The van der Waals surface area contributed by atoms with Gasteiger partial charge in [0.25, 0.3) is 0 Å². The largest absolute Gasteiger partial charge is 0.497 e. The van der Waals surface area contributed by atoms with Gasteiger partial charge in [-0.15, -0.1) is 0 Å². The van der Waals surface area contributed by atoms with E-state index in [4.69, 9.17) is 9.47 Å². The summed E-state index contributed by atoms with van der Waals surface area (Å²) < 4.78 is 37.1. The smallest absolute Gasteiger partial charge is 0.244 e. The molecule has 1 rings (SSSR count). The lowest BCUT2D eigenvalue weighted by Crippen LogP contribution is -2.32. The number of ether oxygens (including phenoxy) is 2. The molecule has 1 aromatic carbocycles. The van der Waals surface area contributed by atoms with Gasteiger partial charge in [-0.2, -0.15) is 0 Å². The van der Waals surface area contributed by atoms with Crippen LogP contribution < -0.4 is 19.5 Å². The molecule has 0 spiro atoms. The zero-order valence-corrected chi connectivity index (χ0v) is 12.9. The third-order valence-electron chi connectivity index (χ3n) is 2.68. The van der Waals surface area contributed by atoms with Gasteiger partial charge in [0, 0.05) is 19.2 Å². The summed E-state index contributed by atoms with van der Waals surface area (Å²) in [4.78, 5) is 0.0786. The number of benzene rings is 1. The molecule has 0 aliphatic heterocycles. The van der Waals surface area contributed by atoms with E-state index in [2.05, 4.69) is 17.0 Å². The molecule has 114 valence electrons. The maximum absolute atomic E-state index is 12.2. The first-order chi connectivity index (χ1) is 9.55. The van der Waals surface area contributed by atoms with Crippen LogP contribution in [-0.4, -0.2) is 42.3 Å². The van der Waals surface area contributed by atoms with Crippen LogP contribution in [0.25, 0.3) is 0 Å². The van der Waals surface area contributed by atoms with Gasteiger partial charge >= 0.3 is 0 Å². The molecule has 0 bridgehead atoms. The Hall–Kier alpha value is -1.31. The molecule has 2 N–H and O–H groups in total. The average molecular weight is 302 g/mol. The summed E-state index contributed by atoms with van der Waals surface area (Å²) >= 11 is 0. The number of hydrogen-bond donors (Lipinski definition) is 2. The maximum atomic E-state index is 12.2. The van der Waals surface area contributed by atoms with Crippen molar-refractivity contribution < 1.29 is 17.9 Å².